The van der Waals surface area contributed by atoms with Crippen molar-refractivity contribution < 1.29 is 4.79 Å². The fraction of sp³-hybridized carbons (Fsp3) is 0. The highest BCUT2D eigenvalue weighted by Crippen LogP contribution is 2.38. The Bertz CT molecular complexity index is 947. The molecule has 3 heteroatoms. The number of carbonyl (C=O) groups is 1. The standard InChI is InChI=1S/C21H14BrNO/c22-16-9-6-10-17(14-16)23-20(13-15-7-2-1-3-8-15)18-11-4-5-12-19(18)21(23)24/h1-14H. The number of fused-ring (bicyclic) bond motifs is 1. The van der Waals surface area contributed by atoms with Crippen LogP contribution in [0.1, 0.15) is 21.5 Å². The zero-order valence-electron chi connectivity index (χ0n) is 12.8. The number of anilines is 1. The molecule has 3 aromatic rings. The highest BCUT2D eigenvalue weighted by Gasteiger charge is 2.33. The fourth-order valence-corrected chi connectivity index (χ4v) is 3.35. The van der Waals surface area contributed by atoms with E-state index in [9.17, 15) is 4.79 Å². The zero-order valence-corrected chi connectivity index (χ0v) is 14.4. The van der Waals surface area contributed by atoms with Crippen LogP contribution < -0.4 is 4.90 Å². The molecule has 0 spiro atoms. The van der Waals surface area contributed by atoms with E-state index < -0.39 is 0 Å². The van der Waals surface area contributed by atoms with Gasteiger partial charge in [0.25, 0.3) is 5.91 Å². The van der Waals surface area contributed by atoms with Crippen LogP contribution in [-0.2, 0) is 0 Å². The van der Waals surface area contributed by atoms with Gasteiger partial charge in [0, 0.05) is 15.6 Å². The Morgan fingerprint density at radius 1 is 0.792 bits per heavy atom. The molecule has 0 saturated heterocycles. The third kappa shape index (κ3) is 2.57. The molecule has 1 aliphatic heterocycles. The molecule has 1 aliphatic rings. The van der Waals surface area contributed by atoms with E-state index in [2.05, 4.69) is 22.0 Å². The van der Waals surface area contributed by atoms with Crippen molar-refractivity contribution in [2.75, 3.05) is 4.90 Å². The Balaban J connectivity index is 1.92. The van der Waals surface area contributed by atoms with Crippen molar-refractivity contribution in [1.82, 2.24) is 0 Å². The molecule has 3 aromatic carbocycles. The fourth-order valence-electron chi connectivity index (χ4n) is 2.96. The molecule has 0 radical (unpaired) electrons. The summed E-state index contributed by atoms with van der Waals surface area (Å²) >= 11 is 3.49. The number of hydrogen-bond acceptors (Lipinski definition) is 1. The second kappa shape index (κ2) is 6.10. The molecular weight excluding hydrogens is 362 g/mol. The van der Waals surface area contributed by atoms with Crippen LogP contribution in [0.25, 0.3) is 11.8 Å². The van der Waals surface area contributed by atoms with Gasteiger partial charge in [0.05, 0.1) is 11.4 Å². The van der Waals surface area contributed by atoms with Gasteiger partial charge in [-0.3, -0.25) is 9.69 Å². The highest BCUT2D eigenvalue weighted by atomic mass is 79.9. The summed E-state index contributed by atoms with van der Waals surface area (Å²) in [5, 5.41) is 0. The van der Waals surface area contributed by atoms with E-state index in [4.69, 9.17) is 0 Å². The van der Waals surface area contributed by atoms with Crippen LogP contribution in [0, 0.1) is 0 Å². The molecule has 4 rings (SSSR count). The topological polar surface area (TPSA) is 20.3 Å². The normalized spacial score (nSPS) is 15.0. The molecule has 0 N–H and O–H groups in total. The van der Waals surface area contributed by atoms with Gasteiger partial charge in [-0.2, -0.15) is 0 Å². The summed E-state index contributed by atoms with van der Waals surface area (Å²) in [7, 11) is 0. The Morgan fingerprint density at radius 3 is 2.25 bits per heavy atom. The van der Waals surface area contributed by atoms with Gasteiger partial charge in [-0.1, -0.05) is 70.5 Å². The van der Waals surface area contributed by atoms with Crippen LogP contribution >= 0.6 is 15.9 Å². The molecule has 0 aliphatic carbocycles. The zero-order chi connectivity index (χ0) is 16.5. The Morgan fingerprint density at radius 2 is 1.50 bits per heavy atom. The summed E-state index contributed by atoms with van der Waals surface area (Å²) in [5.41, 5.74) is 4.52. The molecule has 1 heterocycles. The van der Waals surface area contributed by atoms with E-state index in [1.54, 1.807) is 4.90 Å². The van der Waals surface area contributed by atoms with Gasteiger partial charge in [-0.05, 0) is 35.9 Å². The molecule has 0 saturated carbocycles. The molecule has 24 heavy (non-hydrogen) atoms. The van der Waals surface area contributed by atoms with Gasteiger partial charge >= 0.3 is 0 Å². The first kappa shape index (κ1) is 14.9. The Hall–Kier alpha value is -2.65. The van der Waals surface area contributed by atoms with E-state index >= 15 is 0 Å². The molecule has 0 atom stereocenters. The number of rotatable bonds is 2. The minimum atomic E-state index is 0.00545. The lowest BCUT2D eigenvalue weighted by atomic mass is 10.1. The number of nitrogens with zero attached hydrogens (tertiary/aromatic N) is 1. The van der Waals surface area contributed by atoms with Gasteiger partial charge < -0.3 is 0 Å². The first-order valence-electron chi connectivity index (χ1n) is 7.70. The molecule has 0 aromatic heterocycles. The summed E-state index contributed by atoms with van der Waals surface area (Å²) in [4.78, 5) is 14.8. The largest absolute Gasteiger partial charge is 0.276 e. The van der Waals surface area contributed by atoms with Crippen molar-refractivity contribution in [3.8, 4) is 0 Å². The quantitative estimate of drug-likeness (QED) is 0.570. The molecule has 0 fully saturated rings. The van der Waals surface area contributed by atoms with Gasteiger partial charge in [0.1, 0.15) is 0 Å². The highest BCUT2D eigenvalue weighted by molar-refractivity contribution is 9.10. The molecule has 1 amide bonds. The van der Waals surface area contributed by atoms with Crippen molar-refractivity contribution in [2.24, 2.45) is 0 Å². The first-order valence-corrected chi connectivity index (χ1v) is 8.49. The van der Waals surface area contributed by atoms with Gasteiger partial charge in [-0.15, -0.1) is 0 Å². The lowest BCUT2D eigenvalue weighted by Crippen LogP contribution is -2.22. The predicted octanol–water partition coefficient (Wildman–Crippen LogP) is 5.61. The van der Waals surface area contributed by atoms with Crippen molar-refractivity contribution in [3.05, 3.63) is 100 Å². The van der Waals surface area contributed by atoms with E-state index in [-0.39, 0.29) is 5.91 Å². The molecule has 2 nitrogen and oxygen atoms in total. The van der Waals surface area contributed by atoms with E-state index in [0.29, 0.717) is 0 Å². The third-order valence-electron chi connectivity index (χ3n) is 4.05. The lowest BCUT2D eigenvalue weighted by molar-refractivity contribution is 0.101. The minimum absolute atomic E-state index is 0.00545. The van der Waals surface area contributed by atoms with Crippen LogP contribution in [0.15, 0.2) is 83.3 Å². The molecular formula is C21H14BrNO. The van der Waals surface area contributed by atoms with Gasteiger partial charge in [0.15, 0.2) is 0 Å². The summed E-state index contributed by atoms with van der Waals surface area (Å²) in [6, 6.07) is 25.6. The first-order chi connectivity index (χ1) is 11.7. The number of halogens is 1. The maximum Gasteiger partial charge on any atom is 0.263 e. The Kier molecular flexibility index (Phi) is 3.79. The molecule has 0 bridgehead atoms. The van der Waals surface area contributed by atoms with Gasteiger partial charge in [-0.25, -0.2) is 0 Å². The van der Waals surface area contributed by atoms with Crippen LogP contribution in [0.2, 0.25) is 0 Å². The van der Waals surface area contributed by atoms with Crippen molar-refractivity contribution >= 4 is 39.3 Å². The van der Waals surface area contributed by atoms with E-state index in [1.165, 1.54) is 0 Å². The number of hydrogen-bond donors (Lipinski definition) is 0. The second-order valence-electron chi connectivity index (χ2n) is 5.61. The Labute approximate surface area is 149 Å². The maximum absolute atomic E-state index is 13.0. The molecule has 0 unspecified atom stereocenters. The van der Waals surface area contributed by atoms with Crippen LogP contribution in [-0.4, -0.2) is 5.91 Å². The maximum atomic E-state index is 13.0. The summed E-state index contributed by atoms with van der Waals surface area (Å²) in [5.74, 6) is 0.00545. The number of amides is 1. The van der Waals surface area contributed by atoms with Crippen molar-refractivity contribution in [1.29, 1.82) is 0 Å². The van der Waals surface area contributed by atoms with E-state index in [0.717, 1.165) is 32.5 Å². The predicted molar refractivity (Wildman–Crippen MR) is 102 cm³/mol. The summed E-state index contributed by atoms with van der Waals surface area (Å²) in [6.45, 7) is 0. The number of benzene rings is 3. The second-order valence-corrected chi connectivity index (χ2v) is 6.52. The lowest BCUT2D eigenvalue weighted by Gasteiger charge is -2.19. The van der Waals surface area contributed by atoms with Gasteiger partial charge in [0.2, 0.25) is 0 Å². The average molecular weight is 376 g/mol. The minimum Gasteiger partial charge on any atom is -0.276 e. The number of carbonyl (C=O) groups excluding carboxylic acids is 1. The summed E-state index contributed by atoms with van der Waals surface area (Å²) < 4.78 is 0.947. The van der Waals surface area contributed by atoms with E-state index in [1.807, 2.05) is 78.9 Å². The average Bonchev–Trinajstić information content (AvgIpc) is 2.89. The van der Waals surface area contributed by atoms with Crippen LogP contribution in [0.4, 0.5) is 5.69 Å². The third-order valence-corrected chi connectivity index (χ3v) is 4.54. The molecule has 116 valence electrons. The smallest absolute Gasteiger partial charge is 0.263 e. The summed E-state index contributed by atoms with van der Waals surface area (Å²) in [6.07, 6.45) is 2.06. The SMILES string of the molecule is O=C1c2ccccc2C(=Cc2ccccc2)N1c1cccc(Br)c1. The van der Waals surface area contributed by atoms with Crippen LogP contribution in [0.3, 0.4) is 0 Å². The van der Waals surface area contributed by atoms with Crippen molar-refractivity contribution in [3.63, 3.8) is 0 Å². The van der Waals surface area contributed by atoms with Crippen molar-refractivity contribution in [2.45, 2.75) is 0 Å². The monoisotopic (exact) mass is 375 g/mol. The van der Waals surface area contributed by atoms with Crippen LogP contribution in [0.5, 0.6) is 0 Å².